The Kier molecular flexibility index (Phi) is 5.68. The van der Waals surface area contributed by atoms with Gasteiger partial charge in [-0.2, -0.15) is 5.10 Å². The first-order valence-electron chi connectivity index (χ1n) is 8.54. The van der Waals surface area contributed by atoms with Gasteiger partial charge in [0, 0.05) is 24.8 Å². The first-order chi connectivity index (χ1) is 10.8. The van der Waals surface area contributed by atoms with E-state index in [0.717, 1.165) is 24.7 Å². The van der Waals surface area contributed by atoms with Crippen LogP contribution in [0.15, 0.2) is 12.4 Å². The molecule has 0 spiro atoms. The van der Waals surface area contributed by atoms with E-state index in [1.54, 1.807) is 31.0 Å². The van der Waals surface area contributed by atoms with Crippen molar-refractivity contribution in [1.82, 2.24) is 20.4 Å². The van der Waals surface area contributed by atoms with Gasteiger partial charge in [-0.05, 0) is 44.4 Å². The molecule has 1 saturated carbocycles. The van der Waals surface area contributed by atoms with Crippen molar-refractivity contribution in [2.45, 2.75) is 58.1 Å². The normalized spacial score (nSPS) is 24.3. The maximum Gasteiger partial charge on any atom is 0.315 e. The van der Waals surface area contributed by atoms with Crippen LogP contribution < -0.4 is 10.6 Å². The van der Waals surface area contributed by atoms with Crippen LogP contribution in [0, 0.1) is 11.8 Å². The number of amides is 2. The number of nitrogens with one attached hydrogen (secondary N) is 2. The van der Waals surface area contributed by atoms with Gasteiger partial charge in [-0.3, -0.25) is 4.68 Å². The Hall–Kier alpha value is -1.56. The zero-order valence-corrected chi connectivity index (χ0v) is 14.7. The third-order valence-electron chi connectivity index (χ3n) is 4.97. The third kappa shape index (κ3) is 4.96. The Labute approximate surface area is 138 Å². The second-order valence-corrected chi connectivity index (χ2v) is 7.36. The lowest BCUT2D eigenvalue weighted by Crippen LogP contribution is -2.47. The fourth-order valence-electron chi connectivity index (χ4n) is 3.22. The van der Waals surface area contributed by atoms with E-state index in [2.05, 4.69) is 29.6 Å². The topological polar surface area (TPSA) is 79.2 Å². The van der Waals surface area contributed by atoms with E-state index >= 15 is 0 Å². The van der Waals surface area contributed by atoms with Crippen molar-refractivity contribution in [3.05, 3.63) is 18.0 Å². The molecule has 1 atom stereocenters. The number of hydrogen-bond acceptors (Lipinski definition) is 3. The van der Waals surface area contributed by atoms with E-state index in [1.165, 1.54) is 12.8 Å². The minimum Gasteiger partial charge on any atom is -0.383 e. The third-order valence-corrected chi connectivity index (χ3v) is 4.97. The molecule has 2 rings (SSSR count). The molecular weight excluding hydrogens is 292 g/mol. The summed E-state index contributed by atoms with van der Waals surface area (Å²) < 4.78 is 1.64. The monoisotopic (exact) mass is 322 g/mol. The number of carbonyl (C=O) groups is 1. The Morgan fingerprint density at radius 2 is 2.09 bits per heavy atom. The quantitative estimate of drug-likeness (QED) is 0.777. The van der Waals surface area contributed by atoms with Gasteiger partial charge in [0.2, 0.25) is 0 Å². The van der Waals surface area contributed by atoms with Crippen molar-refractivity contribution in [2.24, 2.45) is 18.9 Å². The summed E-state index contributed by atoms with van der Waals surface area (Å²) in [5.41, 5.74) is -0.432. The van der Waals surface area contributed by atoms with Crippen LogP contribution in [0.4, 0.5) is 4.79 Å². The van der Waals surface area contributed by atoms with Gasteiger partial charge in [0.15, 0.2) is 0 Å². The standard InChI is InChI=1S/C17H30N4O2/c1-12(2)13-5-7-15(8-6-13)20-16(22)18-11-17(3,23)14-9-19-21(4)10-14/h9-10,12-13,15,23H,5-8,11H2,1-4H3,(H2,18,20,22). The molecule has 1 fully saturated rings. The highest BCUT2D eigenvalue weighted by molar-refractivity contribution is 5.74. The summed E-state index contributed by atoms with van der Waals surface area (Å²) in [7, 11) is 1.80. The van der Waals surface area contributed by atoms with Gasteiger partial charge in [-0.15, -0.1) is 0 Å². The molecule has 3 N–H and O–H groups in total. The van der Waals surface area contributed by atoms with E-state index in [4.69, 9.17) is 0 Å². The molecule has 0 aliphatic heterocycles. The van der Waals surface area contributed by atoms with Crippen LogP contribution in [0.5, 0.6) is 0 Å². The van der Waals surface area contributed by atoms with Crippen LogP contribution in [0.25, 0.3) is 0 Å². The van der Waals surface area contributed by atoms with Gasteiger partial charge in [0.1, 0.15) is 5.60 Å². The van der Waals surface area contributed by atoms with Crippen LogP contribution >= 0.6 is 0 Å². The number of nitrogens with zero attached hydrogens (tertiary/aromatic N) is 2. The molecule has 1 aliphatic rings. The molecule has 23 heavy (non-hydrogen) atoms. The first kappa shape index (κ1) is 17.8. The molecule has 1 heterocycles. The number of hydrogen-bond donors (Lipinski definition) is 3. The zero-order chi connectivity index (χ0) is 17.0. The minimum absolute atomic E-state index is 0.159. The Bertz CT molecular complexity index is 516. The second kappa shape index (κ2) is 7.34. The molecule has 0 radical (unpaired) electrons. The van der Waals surface area contributed by atoms with Gasteiger partial charge in [-0.25, -0.2) is 4.79 Å². The van der Waals surface area contributed by atoms with E-state index < -0.39 is 5.60 Å². The number of carbonyl (C=O) groups excluding carboxylic acids is 1. The molecule has 1 aromatic rings. The number of aryl methyl sites for hydroxylation is 1. The van der Waals surface area contributed by atoms with Gasteiger partial charge in [0.25, 0.3) is 0 Å². The van der Waals surface area contributed by atoms with Gasteiger partial charge in [-0.1, -0.05) is 13.8 Å². The van der Waals surface area contributed by atoms with Crippen LogP contribution in [0.3, 0.4) is 0 Å². The lowest BCUT2D eigenvalue weighted by molar-refractivity contribution is 0.0590. The predicted octanol–water partition coefficient (Wildman–Crippen LogP) is 2.14. The first-order valence-corrected chi connectivity index (χ1v) is 8.54. The average molecular weight is 322 g/mol. The van der Waals surface area contributed by atoms with Crippen molar-refractivity contribution < 1.29 is 9.90 Å². The molecule has 2 amide bonds. The number of aliphatic hydroxyl groups is 1. The summed E-state index contributed by atoms with van der Waals surface area (Å²) in [6, 6.07) is 0.0375. The summed E-state index contributed by atoms with van der Waals surface area (Å²) in [5, 5.41) is 20.3. The van der Waals surface area contributed by atoms with Crippen molar-refractivity contribution in [3.63, 3.8) is 0 Å². The highest BCUT2D eigenvalue weighted by Gasteiger charge is 2.27. The fourth-order valence-corrected chi connectivity index (χ4v) is 3.22. The molecule has 1 unspecified atom stereocenters. The Morgan fingerprint density at radius 1 is 1.43 bits per heavy atom. The SMILES string of the molecule is CC(C)C1CCC(NC(=O)NCC(C)(O)c2cnn(C)c2)CC1. The lowest BCUT2D eigenvalue weighted by Gasteiger charge is -2.31. The number of rotatable bonds is 5. The van der Waals surface area contributed by atoms with Crippen LogP contribution in [0.1, 0.15) is 52.0 Å². The van der Waals surface area contributed by atoms with Gasteiger partial charge >= 0.3 is 6.03 Å². The van der Waals surface area contributed by atoms with Gasteiger partial charge in [0.05, 0.1) is 12.7 Å². The Morgan fingerprint density at radius 3 is 2.61 bits per heavy atom. The summed E-state index contributed by atoms with van der Waals surface area (Å²) in [5.74, 6) is 1.50. The fraction of sp³-hybridized carbons (Fsp3) is 0.765. The van der Waals surface area contributed by atoms with Crippen LogP contribution in [-0.2, 0) is 12.6 Å². The minimum atomic E-state index is -1.12. The van der Waals surface area contributed by atoms with Crippen LogP contribution in [-0.4, -0.2) is 33.5 Å². The van der Waals surface area contributed by atoms with Gasteiger partial charge < -0.3 is 15.7 Å². The highest BCUT2D eigenvalue weighted by Crippen LogP contribution is 2.29. The maximum atomic E-state index is 12.1. The molecule has 6 nitrogen and oxygen atoms in total. The molecule has 130 valence electrons. The predicted molar refractivity (Wildman–Crippen MR) is 89.9 cm³/mol. The van der Waals surface area contributed by atoms with Crippen molar-refractivity contribution >= 4 is 6.03 Å². The van der Waals surface area contributed by atoms with Crippen molar-refractivity contribution in [2.75, 3.05) is 6.54 Å². The van der Waals surface area contributed by atoms with E-state index in [9.17, 15) is 9.90 Å². The Balaban J connectivity index is 1.75. The smallest absolute Gasteiger partial charge is 0.315 e. The van der Waals surface area contributed by atoms with Crippen molar-refractivity contribution in [1.29, 1.82) is 0 Å². The van der Waals surface area contributed by atoms with Crippen LogP contribution in [0.2, 0.25) is 0 Å². The summed E-state index contributed by atoms with van der Waals surface area (Å²) in [4.78, 5) is 12.1. The zero-order valence-electron chi connectivity index (χ0n) is 14.7. The second-order valence-electron chi connectivity index (χ2n) is 7.36. The number of urea groups is 1. The van der Waals surface area contributed by atoms with E-state index in [1.807, 2.05) is 0 Å². The number of aromatic nitrogens is 2. The summed E-state index contributed by atoms with van der Waals surface area (Å²) in [6.45, 7) is 6.38. The molecule has 0 bridgehead atoms. The molecule has 0 saturated heterocycles. The van der Waals surface area contributed by atoms with E-state index in [-0.39, 0.29) is 18.6 Å². The molecule has 6 heteroatoms. The highest BCUT2D eigenvalue weighted by atomic mass is 16.3. The summed E-state index contributed by atoms with van der Waals surface area (Å²) in [6.07, 6.45) is 7.80. The molecular formula is C17H30N4O2. The maximum absolute atomic E-state index is 12.1. The molecule has 0 aromatic carbocycles. The molecule has 1 aromatic heterocycles. The van der Waals surface area contributed by atoms with Crippen molar-refractivity contribution in [3.8, 4) is 0 Å². The average Bonchev–Trinajstić information content (AvgIpc) is 2.93. The summed E-state index contributed by atoms with van der Waals surface area (Å²) >= 11 is 0. The van der Waals surface area contributed by atoms with E-state index in [0.29, 0.717) is 5.56 Å². The largest absolute Gasteiger partial charge is 0.383 e. The lowest BCUT2D eigenvalue weighted by atomic mass is 9.80. The molecule has 1 aliphatic carbocycles.